The van der Waals surface area contributed by atoms with Gasteiger partial charge in [0.15, 0.2) is 0 Å². The maximum atomic E-state index is 11.9. The quantitative estimate of drug-likeness (QED) is 0.563. The number of carboxylic acids is 1. The minimum Gasteiger partial charge on any atom is -0.478 e. The van der Waals surface area contributed by atoms with Crippen LogP contribution >= 0.6 is 0 Å². The van der Waals surface area contributed by atoms with Crippen molar-refractivity contribution >= 4 is 17.3 Å². The Balaban J connectivity index is 2.59. The first-order chi connectivity index (χ1) is 8.29. The molecule has 0 spiro atoms. The van der Waals surface area contributed by atoms with Crippen molar-refractivity contribution < 1.29 is 23.1 Å². The van der Waals surface area contributed by atoms with Crippen molar-refractivity contribution in [2.24, 2.45) is 0 Å². The zero-order chi connectivity index (χ0) is 13.8. The molecule has 18 heavy (non-hydrogen) atoms. The summed E-state index contributed by atoms with van der Waals surface area (Å²) in [6.07, 6.45) is -5.22. The predicted octanol–water partition coefficient (Wildman–Crippen LogP) is 2.72. The van der Waals surface area contributed by atoms with Crippen LogP contribution in [0.2, 0.25) is 0 Å². The van der Waals surface area contributed by atoms with E-state index in [0.29, 0.717) is 0 Å². The Kier molecular flexibility index (Phi) is 4.41. The molecule has 0 aliphatic heterocycles. The third kappa shape index (κ3) is 4.52. The molecule has 0 radical (unpaired) electrons. The topological polar surface area (TPSA) is 75.3 Å². The number of nitrogen functional groups attached to an aromatic ring is 1. The van der Waals surface area contributed by atoms with E-state index in [1.54, 1.807) is 0 Å². The second-order valence-electron chi connectivity index (χ2n) is 3.76. The van der Waals surface area contributed by atoms with Gasteiger partial charge in [0.2, 0.25) is 0 Å². The normalized spacial score (nSPS) is 11.3. The lowest BCUT2D eigenvalue weighted by atomic mass is 10.1. The van der Waals surface area contributed by atoms with Gasteiger partial charge in [0.05, 0.1) is 5.56 Å². The molecule has 1 aromatic carbocycles. The highest BCUT2D eigenvalue weighted by Crippen LogP contribution is 2.22. The highest BCUT2D eigenvalue weighted by atomic mass is 19.4. The maximum absolute atomic E-state index is 11.9. The van der Waals surface area contributed by atoms with Crippen LogP contribution in [0.4, 0.5) is 24.5 Å². The molecule has 100 valence electrons. The van der Waals surface area contributed by atoms with Gasteiger partial charge in [-0.3, -0.25) is 0 Å². The monoisotopic (exact) mass is 262 g/mol. The molecule has 0 saturated heterocycles. The fourth-order valence-electron chi connectivity index (χ4n) is 1.40. The van der Waals surface area contributed by atoms with E-state index in [9.17, 15) is 18.0 Å². The van der Waals surface area contributed by atoms with E-state index in [1.165, 1.54) is 18.2 Å². The molecule has 1 aromatic rings. The van der Waals surface area contributed by atoms with Gasteiger partial charge in [-0.1, -0.05) is 0 Å². The van der Waals surface area contributed by atoms with Crippen molar-refractivity contribution in [2.45, 2.75) is 19.0 Å². The maximum Gasteiger partial charge on any atom is 0.389 e. The first kappa shape index (κ1) is 14.1. The van der Waals surface area contributed by atoms with Gasteiger partial charge in [0, 0.05) is 24.3 Å². The summed E-state index contributed by atoms with van der Waals surface area (Å²) in [5, 5.41) is 11.6. The van der Waals surface area contributed by atoms with E-state index in [2.05, 4.69) is 5.32 Å². The fourth-order valence-corrected chi connectivity index (χ4v) is 1.40. The Labute approximate surface area is 102 Å². The van der Waals surface area contributed by atoms with Gasteiger partial charge in [0.25, 0.3) is 0 Å². The number of hydrogen-bond acceptors (Lipinski definition) is 3. The minimum atomic E-state index is -4.20. The van der Waals surface area contributed by atoms with E-state index < -0.39 is 18.6 Å². The van der Waals surface area contributed by atoms with Gasteiger partial charge in [-0.25, -0.2) is 4.79 Å². The standard InChI is InChI=1S/C11H13F3N2O2/c12-11(13,14)4-1-5-16-9-3-2-7(15)6-8(9)10(17)18/h2-3,6,16H,1,4-5,15H2,(H,17,18). The van der Waals surface area contributed by atoms with Crippen molar-refractivity contribution in [1.82, 2.24) is 0 Å². The number of carbonyl (C=O) groups is 1. The van der Waals surface area contributed by atoms with Gasteiger partial charge >= 0.3 is 12.1 Å². The number of aromatic carboxylic acids is 1. The van der Waals surface area contributed by atoms with Crippen LogP contribution in [0.25, 0.3) is 0 Å². The third-order valence-corrected chi connectivity index (χ3v) is 2.23. The molecule has 0 amide bonds. The largest absolute Gasteiger partial charge is 0.478 e. The molecule has 0 unspecified atom stereocenters. The summed E-state index contributed by atoms with van der Waals surface area (Å²) in [4.78, 5) is 10.9. The fraction of sp³-hybridized carbons (Fsp3) is 0.364. The van der Waals surface area contributed by atoms with E-state index in [4.69, 9.17) is 10.8 Å². The van der Waals surface area contributed by atoms with Crippen molar-refractivity contribution in [1.29, 1.82) is 0 Å². The van der Waals surface area contributed by atoms with Gasteiger partial charge in [-0.15, -0.1) is 0 Å². The summed E-state index contributed by atoms with van der Waals surface area (Å²) < 4.78 is 35.7. The van der Waals surface area contributed by atoms with Crippen LogP contribution in [0.15, 0.2) is 18.2 Å². The number of carboxylic acid groups (broad SMARTS) is 1. The first-order valence-electron chi connectivity index (χ1n) is 5.23. The smallest absolute Gasteiger partial charge is 0.389 e. The molecular weight excluding hydrogens is 249 g/mol. The highest BCUT2D eigenvalue weighted by Gasteiger charge is 2.25. The highest BCUT2D eigenvalue weighted by molar-refractivity contribution is 5.95. The van der Waals surface area contributed by atoms with Crippen LogP contribution in [0.1, 0.15) is 23.2 Å². The second kappa shape index (κ2) is 5.61. The number of benzene rings is 1. The van der Waals surface area contributed by atoms with Gasteiger partial charge in [-0.05, 0) is 24.6 Å². The molecule has 0 saturated carbocycles. The minimum absolute atomic E-state index is 0.0453. The SMILES string of the molecule is Nc1ccc(NCCCC(F)(F)F)c(C(=O)O)c1. The molecule has 7 heteroatoms. The number of hydrogen-bond donors (Lipinski definition) is 3. The summed E-state index contributed by atoms with van der Waals surface area (Å²) in [6, 6.07) is 4.18. The molecule has 0 aliphatic carbocycles. The van der Waals surface area contributed by atoms with Crippen LogP contribution in [0.5, 0.6) is 0 Å². The molecule has 4 nitrogen and oxygen atoms in total. The summed E-state index contributed by atoms with van der Waals surface area (Å²) in [6.45, 7) is 0.0453. The molecular formula is C11H13F3N2O2. The molecule has 0 aromatic heterocycles. The first-order valence-corrected chi connectivity index (χ1v) is 5.23. The summed E-state index contributed by atoms with van der Waals surface area (Å²) >= 11 is 0. The van der Waals surface area contributed by atoms with Crippen molar-refractivity contribution in [3.05, 3.63) is 23.8 Å². The van der Waals surface area contributed by atoms with Crippen LogP contribution in [-0.2, 0) is 0 Å². The van der Waals surface area contributed by atoms with E-state index in [-0.39, 0.29) is 29.9 Å². The van der Waals surface area contributed by atoms with Crippen LogP contribution in [0, 0.1) is 0 Å². The molecule has 0 aliphatic rings. The third-order valence-electron chi connectivity index (χ3n) is 2.23. The zero-order valence-corrected chi connectivity index (χ0v) is 9.42. The number of halogens is 3. The summed E-state index contributed by atoms with van der Waals surface area (Å²) in [5.41, 5.74) is 5.93. The summed E-state index contributed by atoms with van der Waals surface area (Å²) in [7, 11) is 0. The second-order valence-corrected chi connectivity index (χ2v) is 3.76. The number of alkyl halides is 3. The van der Waals surface area contributed by atoms with E-state index in [1.807, 2.05) is 0 Å². The Morgan fingerprint density at radius 3 is 2.61 bits per heavy atom. The Morgan fingerprint density at radius 1 is 1.39 bits per heavy atom. The lowest BCUT2D eigenvalue weighted by molar-refractivity contribution is -0.134. The number of anilines is 2. The van der Waals surface area contributed by atoms with Crippen molar-refractivity contribution in [3.8, 4) is 0 Å². The average Bonchev–Trinajstić information content (AvgIpc) is 2.24. The van der Waals surface area contributed by atoms with Crippen molar-refractivity contribution in [3.63, 3.8) is 0 Å². The van der Waals surface area contributed by atoms with Gasteiger partial charge < -0.3 is 16.2 Å². The lowest BCUT2D eigenvalue weighted by Crippen LogP contribution is -2.12. The Bertz CT molecular complexity index is 433. The molecule has 0 atom stereocenters. The Morgan fingerprint density at radius 2 is 2.06 bits per heavy atom. The molecule has 0 heterocycles. The zero-order valence-electron chi connectivity index (χ0n) is 9.42. The molecule has 0 bridgehead atoms. The molecule has 4 N–H and O–H groups in total. The summed E-state index contributed by atoms with van der Waals surface area (Å²) in [5.74, 6) is -1.18. The lowest BCUT2D eigenvalue weighted by Gasteiger charge is -2.11. The van der Waals surface area contributed by atoms with Crippen LogP contribution in [-0.4, -0.2) is 23.8 Å². The van der Waals surface area contributed by atoms with Gasteiger partial charge in [-0.2, -0.15) is 13.2 Å². The number of nitrogens with two attached hydrogens (primary N) is 1. The van der Waals surface area contributed by atoms with Crippen LogP contribution in [0.3, 0.4) is 0 Å². The average molecular weight is 262 g/mol. The Hall–Kier alpha value is -1.92. The van der Waals surface area contributed by atoms with Crippen molar-refractivity contribution in [2.75, 3.05) is 17.6 Å². The molecule has 0 fully saturated rings. The predicted molar refractivity (Wildman–Crippen MR) is 61.6 cm³/mol. The van der Waals surface area contributed by atoms with E-state index >= 15 is 0 Å². The number of rotatable bonds is 5. The van der Waals surface area contributed by atoms with Gasteiger partial charge in [0.1, 0.15) is 0 Å². The van der Waals surface area contributed by atoms with Crippen LogP contribution < -0.4 is 11.1 Å². The number of nitrogens with one attached hydrogen (secondary N) is 1. The molecule has 1 rings (SSSR count). The van der Waals surface area contributed by atoms with E-state index in [0.717, 1.165) is 0 Å².